The Morgan fingerprint density at radius 3 is 3.00 bits per heavy atom. The second-order valence-electron chi connectivity index (χ2n) is 3.71. The highest BCUT2D eigenvalue weighted by molar-refractivity contribution is 5.57. The normalized spacial score (nSPS) is 23.8. The molecule has 2 nitrogen and oxygen atoms in total. The monoisotopic (exact) mass is 188 g/mol. The summed E-state index contributed by atoms with van der Waals surface area (Å²) in [6, 6.07) is 7.81. The molecule has 1 aliphatic rings. The third-order valence-electron chi connectivity index (χ3n) is 2.64. The summed E-state index contributed by atoms with van der Waals surface area (Å²) < 4.78 is 5.37. The summed E-state index contributed by atoms with van der Waals surface area (Å²) in [7, 11) is 0. The van der Waals surface area contributed by atoms with Crippen molar-refractivity contribution in [3.8, 4) is 5.75 Å². The van der Waals surface area contributed by atoms with Gasteiger partial charge in [-0.2, -0.15) is 0 Å². The van der Waals surface area contributed by atoms with Crippen molar-refractivity contribution in [1.29, 1.82) is 0 Å². The number of fused-ring (bicyclic) bond motifs is 1. The highest BCUT2D eigenvalue weighted by atomic mass is 16.5. The fraction of sp³-hybridized carbons (Fsp3) is 0.250. The van der Waals surface area contributed by atoms with Gasteiger partial charge in [-0.1, -0.05) is 25.1 Å². The highest BCUT2D eigenvalue weighted by Crippen LogP contribution is 2.38. The van der Waals surface area contributed by atoms with Crippen molar-refractivity contribution >= 4 is 6.29 Å². The van der Waals surface area contributed by atoms with Gasteiger partial charge < -0.3 is 9.53 Å². The number of para-hydroxylation sites is 1. The van der Waals surface area contributed by atoms with Crippen LogP contribution >= 0.6 is 0 Å². The van der Waals surface area contributed by atoms with Crippen molar-refractivity contribution in [2.75, 3.05) is 0 Å². The van der Waals surface area contributed by atoms with Gasteiger partial charge in [0.2, 0.25) is 0 Å². The molecule has 0 fully saturated rings. The molecule has 0 spiro atoms. The van der Waals surface area contributed by atoms with Crippen molar-refractivity contribution in [1.82, 2.24) is 0 Å². The van der Waals surface area contributed by atoms with E-state index in [0.29, 0.717) is 6.42 Å². The van der Waals surface area contributed by atoms with Crippen LogP contribution in [0.1, 0.15) is 18.9 Å². The van der Waals surface area contributed by atoms with Gasteiger partial charge in [0.1, 0.15) is 12.0 Å². The summed E-state index contributed by atoms with van der Waals surface area (Å²) in [6.45, 7) is 2.04. The van der Waals surface area contributed by atoms with Crippen LogP contribution < -0.4 is 4.74 Å². The van der Waals surface area contributed by atoms with Crippen LogP contribution in [0.15, 0.2) is 36.6 Å². The summed E-state index contributed by atoms with van der Waals surface area (Å²) in [5, 5.41) is 0. The van der Waals surface area contributed by atoms with E-state index in [4.69, 9.17) is 4.74 Å². The van der Waals surface area contributed by atoms with E-state index in [-0.39, 0.29) is 5.41 Å². The lowest BCUT2D eigenvalue weighted by Gasteiger charge is -2.29. The molecular weight excluding hydrogens is 176 g/mol. The van der Waals surface area contributed by atoms with Gasteiger partial charge in [-0.15, -0.1) is 0 Å². The van der Waals surface area contributed by atoms with E-state index in [2.05, 4.69) is 0 Å². The summed E-state index contributed by atoms with van der Waals surface area (Å²) in [6.07, 6.45) is 5.03. The van der Waals surface area contributed by atoms with Crippen molar-refractivity contribution < 1.29 is 9.53 Å². The van der Waals surface area contributed by atoms with E-state index in [0.717, 1.165) is 17.6 Å². The Labute approximate surface area is 83.2 Å². The average Bonchev–Trinajstić information content (AvgIpc) is 2.19. The Hall–Kier alpha value is -1.57. The number of allylic oxidation sites excluding steroid dienone is 1. The van der Waals surface area contributed by atoms with E-state index in [9.17, 15) is 4.79 Å². The second-order valence-corrected chi connectivity index (χ2v) is 3.71. The van der Waals surface area contributed by atoms with Gasteiger partial charge in [-0.05, 0) is 12.1 Å². The zero-order valence-corrected chi connectivity index (χ0v) is 8.07. The maximum Gasteiger partial charge on any atom is 0.130 e. The van der Waals surface area contributed by atoms with E-state index in [1.54, 1.807) is 6.26 Å². The van der Waals surface area contributed by atoms with E-state index in [1.807, 2.05) is 37.3 Å². The van der Waals surface area contributed by atoms with Gasteiger partial charge in [-0.3, -0.25) is 0 Å². The number of ether oxygens (including phenoxy) is 1. The van der Waals surface area contributed by atoms with Crippen molar-refractivity contribution in [3.05, 3.63) is 42.2 Å². The van der Waals surface area contributed by atoms with Gasteiger partial charge in [0, 0.05) is 17.4 Å². The maximum absolute atomic E-state index is 10.6. The van der Waals surface area contributed by atoms with Gasteiger partial charge in [0.05, 0.1) is 6.26 Å². The van der Waals surface area contributed by atoms with Crippen LogP contribution in [-0.2, 0) is 10.2 Å². The van der Waals surface area contributed by atoms with Gasteiger partial charge in [-0.25, -0.2) is 0 Å². The fourth-order valence-corrected chi connectivity index (χ4v) is 1.74. The highest BCUT2D eigenvalue weighted by Gasteiger charge is 2.28. The molecule has 1 aliphatic heterocycles. The summed E-state index contributed by atoms with van der Waals surface area (Å²) in [5.41, 5.74) is 0.867. The summed E-state index contributed by atoms with van der Waals surface area (Å²) >= 11 is 0. The Kier molecular flexibility index (Phi) is 2.12. The van der Waals surface area contributed by atoms with Crippen LogP contribution in [0.3, 0.4) is 0 Å². The molecule has 1 aromatic rings. The molecule has 0 saturated carbocycles. The van der Waals surface area contributed by atoms with E-state index >= 15 is 0 Å². The molecule has 0 aliphatic carbocycles. The summed E-state index contributed by atoms with van der Waals surface area (Å²) in [4.78, 5) is 10.6. The minimum Gasteiger partial charge on any atom is -0.465 e. The van der Waals surface area contributed by atoms with Crippen LogP contribution in [0.4, 0.5) is 0 Å². The molecule has 0 saturated heterocycles. The molecule has 1 unspecified atom stereocenters. The van der Waals surface area contributed by atoms with Gasteiger partial charge in [0.25, 0.3) is 0 Å². The molecule has 1 heterocycles. The average molecular weight is 188 g/mol. The number of rotatable bonds is 2. The predicted octanol–water partition coefficient (Wildman–Crippen LogP) is 2.44. The minimum absolute atomic E-state index is 0.212. The number of hydrogen-bond donors (Lipinski definition) is 0. The second kappa shape index (κ2) is 3.29. The van der Waals surface area contributed by atoms with Crippen molar-refractivity contribution in [2.24, 2.45) is 0 Å². The van der Waals surface area contributed by atoms with Crippen LogP contribution in [-0.4, -0.2) is 6.29 Å². The molecule has 2 heteroatoms. The molecule has 2 rings (SSSR count). The molecule has 0 amide bonds. The molecule has 72 valence electrons. The first-order valence-electron chi connectivity index (χ1n) is 4.64. The van der Waals surface area contributed by atoms with Crippen molar-refractivity contribution in [3.63, 3.8) is 0 Å². The van der Waals surface area contributed by atoms with Crippen molar-refractivity contribution in [2.45, 2.75) is 18.8 Å². The number of carbonyl (C=O) groups excluding carboxylic acids is 1. The number of benzene rings is 1. The lowest BCUT2D eigenvalue weighted by Crippen LogP contribution is -2.23. The topological polar surface area (TPSA) is 26.3 Å². The third kappa shape index (κ3) is 1.33. The van der Waals surface area contributed by atoms with E-state index < -0.39 is 0 Å². The zero-order valence-electron chi connectivity index (χ0n) is 8.07. The van der Waals surface area contributed by atoms with Crippen LogP contribution in [0.25, 0.3) is 0 Å². The lowest BCUT2D eigenvalue weighted by molar-refractivity contribution is -0.108. The molecule has 1 atom stereocenters. The van der Waals surface area contributed by atoms with Crippen LogP contribution in [0.5, 0.6) is 5.75 Å². The first-order chi connectivity index (χ1) is 6.76. The molecule has 0 radical (unpaired) electrons. The first-order valence-corrected chi connectivity index (χ1v) is 4.64. The number of hydrogen-bond acceptors (Lipinski definition) is 2. The first kappa shape index (κ1) is 9.00. The SMILES string of the molecule is CC1(CC=O)C=COc2ccccc21. The Balaban J connectivity index is 2.49. The predicted molar refractivity (Wildman–Crippen MR) is 54.2 cm³/mol. The van der Waals surface area contributed by atoms with Crippen LogP contribution in [0, 0.1) is 0 Å². The van der Waals surface area contributed by atoms with Gasteiger partial charge >= 0.3 is 0 Å². The van der Waals surface area contributed by atoms with Gasteiger partial charge in [0.15, 0.2) is 0 Å². The Morgan fingerprint density at radius 2 is 2.21 bits per heavy atom. The van der Waals surface area contributed by atoms with E-state index in [1.165, 1.54) is 0 Å². The molecule has 1 aromatic carbocycles. The molecule has 0 bridgehead atoms. The molecule has 0 aromatic heterocycles. The Bertz CT molecular complexity index is 382. The quantitative estimate of drug-likeness (QED) is 0.666. The smallest absolute Gasteiger partial charge is 0.130 e. The molecule has 0 N–H and O–H groups in total. The molecule has 14 heavy (non-hydrogen) atoms. The minimum atomic E-state index is -0.212. The Morgan fingerprint density at radius 1 is 1.43 bits per heavy atom. The number of carbonyl (C=O) groups is 1. The zero-order chi connectivity index (χ0) is 10.0. The summed E-state index contributed by atoms with van der Waals surface area (Å²) in [5.74, 6) is 0.847. The largest absolute Gasteiger partial charge is 0.465 e. The third-order valence-corrected chi connectivity index (χ3v) is 2.64. The fourth-order valence-electron chi connectivity index (χ4n) is 1.74. The number of aldehydes is 1. The lowest BCUT2D eigenvalue weighted by atomic mass is 9.79. The van der Waals surface area contributed by atoms with Crippen LogP contribution in [0.2, 0.25) is 0 Å². The molecular formula is C12H12O2. The maximum atomic E-state index is 10.6. The standard InChI is InChI=1S/C12H12O2/c1-12(6-8-13)7-9-14-11-5-3-2-4-10(11)12/h2-5,7-9H,6H2,1H3.